The molecule has 35 heavy (non-hydrogen) atoms. The molecule has 0 fully saturated rings. The standard InChI is InChI=1S/C20H23ClN2O2S.C6H14O.C2H6/c1-14(22)20(19(25)8-6-4-5-7-13-21)26-16(3)23-18-11-9-17(10-12-18)15(2)24;1-4-6(2,3)5-7;1-2/h4-7,9-12,23H,3,8,13,22H2,1-2H3;7H,4-5H2,1-3H3;1-2H3/b6-4-,7-5-,20-14+;;. The van der Waals surface area contributed by atoms with E-state index in [1.165, 1.54) is 18.7 Å². The van der Waals surface area contributed by atoms with Crippen molar-refractivity contribution in [3.05, 3.63) is 76.3 Å². The van der Waals surface area contributed by atoms with Crippen LogP contribution in [0.1, 0.15) is 71.7 Å². The lowest BCUT2D eigenvalue weighted by atomic mass is 9.92. The molecule has 0 bridgehead atoms. The van der Waals surface area contributed by atoms with Gasteiger partial charge >= 0.3 is 0 Å². The Balaban J connectivity index is 0. The normalized spacial score (nSPS) is 11.7. The topological polar surface area (TPSA) is 92.4 Å². The maximum Gasteiger partial charge on any atom is 0.175 e. The maximum absolute atomic E-state index is 12.4. The molecule has 1 rings (SSSR count). The van der Waals surface area contributed by atoms with E-state index >= 15 is 0 Å². The van der Waals surface area contributed by atoms with E-state index < -0.39 is 0 Å². The fraction of sp³-hybridized carbons (Fsp3) is 0.429. The zero-order valence-corrected chi connectivity index (χ0v) is 23.9. The molecule has 1 aromatic carbocycles. The third-order valence-electron chi connectivity index (χ3n) is 4.57. The van der Waals surface area contributed by atoms with E-state index in [4.69, 9.17) is 22.4 Å². The molecule has 5 nitrogen and oxygen atoms in total. The second-order valence-electron chi connectivity index (χ2n) is 8.11. The molecular weight excluding hydrogens is 480 g/mol. The molecular formula is C28H43ClN2O3S. The van der Waals surface area contributed by atoms with Crippen LogP contribution < -0.4 is 11.1 Å². The number of carbonyl (C=O) groups is 2. The number of aliphatic hydroxyl groups excluding tert-OH is 1. The third-order valence-corrected chi connectivity index (χ3v) is 5.85. The molecule has 0 aliphatic carbocycles. The van der Waals surface area contributed by atoms with Gasteiger partial charge in [-0.05, 0) is 49.9 Å². The first-order chi connectivity index (χ1) is 16.5. The highest BCUT2D eigenvalue weighted by Crippen LogP contribution is 2.28. The largest absolute Gasteiger partial charge is 0.401 e. The highest BCUT2D eigenvalue weighted by atomic mass is 35.5. The lowest BCUT2D eigenvalue weighted by molar-refractivity contribution is -0.114. The molecule has 0 aromatic heterocycles. The molecule has 7 heteroatoms. The van der Waals surface area contributed by atoms with Crippen LogP contribution in [-0.2, 0) is 4.79 Å². The Kier molecular flexibility index (Phi) is 19.9. The summed E-state index contributed by atoms with van der Waals surface area (Å²) in [4.78, 5) is 24.1. The number of hydrogen-bond donors (Lipinski definition) is 3. The van der Waals surface area contributed by atoms with Crippen molar-refractivity contribution in [2.24, 2.45) is 11.1 Å². The molecule has 1 aromatic rings. The van der Waals surface area contributed by atoms with Gasteiger partial charge in [-0.25, -0.2) is 0 Å². The Morgan fingerprint density at radius 3 is 2.09 bits per heavy atom. The number of allylic oxidation sites excluding steroid dienone is 6. The number of anilines is 1. The number of nitrogens with one attached hydrogen (secondary N) is 1. The summed E-state index contributed by atoms with van der Waals surface area (Å²) in [5, 5.41) is 12.3. The number of ketones is 2. The summed E-state index contributed by atoms with van der Waals surface area (Å²) in [5.74, 6) is 0.355. The van der Waals surface area contributed by atoms with Crippen molar-refractivity contribution in [3.8, 4) is 0 Å². The number of halogens is 1. The van der Waals surface area contributed by atoms with Gasteiger partial charge in [-0.2, -0.15) is 0 Å². The number of carbonyl (C=O) groups excluding carboxylic acids is 2. The zero-order chi connectivity index (χ0) is 27.4. The van der Waals surface area contributed by atoms with Crippen LogP contribution in [0.3, 0.4) is 0 Å². The van der Waals surface area contributed by atoms with Crippen molar-refractivity contribution in [1.29, 1.82) is 0 Å². The van der Waals surface area contributed by atoms with Crippen LogP contribution in [0, 0.1) is 5.41 Å². The summed E-state index contributed by atoms with van der Waals surface area (Å²) < 4.78 is 0. The Bertz CT molecular complexity index is 863. The van der Waals surface area contributed by atoms with Gasteiger partial charge in [-0.3, -0.25) is 9.59 Å². The average Bonchev–Trinajstić information content (AvgIpc) is 2.84. The summed E-state index contributed by atoms with van der Waals surface area (Å²) in [7, 11) is 0. The Hall–Kier alpha value is -2.28. The van der Waals surface area contributed by atoms with Gasteiger partial charge in [-0.1, -0.05) is 77.3 Å². The van der Waals surface area contributed by atoms with E-state index in [0.29, 0.717) is 33.7 Å². The minimum absolute atomic E-state index is 0.00766. The highest BCUT2D eigenvalue weighted by Gasteiger charge is 2.13. The van der Waals surface area contributed by atoms with Crippen LogP contribution in [0.2, 0.25) is 0 Å². The van der Waals surface area contributed by atoms with Gasteiger partial charge in [0.1, 0.15) is 0 Å². The van der Waals surface area contributed by atoms with Crippen molar-refractivity contribution in [1.82, 2.24) is 0 Å². The molecule has 0 saturated carbocycles. The Morgan fingerprint density at radius 1 is 1.14 bits per heavy atom. The lowest BCUT2D eigenvalue weighted by Crippen LogP contribution is -2.14. The van der Waals surface area contributed by atoms with Gasteiger partial charge in [0.25, 0.3) is 0 Å². The number of aliphatic hydroxyl groups is 1. The average molecular weight is 523 g/mol. The molecule has 0 radical (unpaired) electrons. The van der Waals surface area contributed by atoms with E-state index in [1.54, 1.807) is 55.5 Å². The fourth-order valence-corrected chi connectivity index (χ4v) is 2.92. The van der Waals surface area contributed by atoms with E-state index in [9.17, 15) is 9.59 Å². The molecule has 0 heterocycles. The van der Waals surface area contributed by atoms with Crippen molar-refractivity contribution in [2.45, 2.75) is 61.3 Å². The van der Waals surface area contributed by atoms with Crippen molar-refractivity contribution >= 4 is 40.6 Å². The van der Waals surface area contributed by atoms with Gasteiger partial charge in [0, 0.05) is 35.9 Å². The van der Waals surface area contributed by atoms with E-state index in [-0.39, 0.29) is 23.4 Å². The zero-order valence-electron chi connectivity index (χ0n) is 22.3. The molecule has 0 unspecified atom stereocenters. The van der Waals surface area contributed by atoms with E-state index in [0.717, 1.165) is 12.1 Å². The monoisotopic (exact) mass is 522 g/mol. The minimum atomic E-state index is -0.0830. The quantitative estimate of drug-likeness (QED) is 0.114. The van der Waals surface area contributed by atoms with Crippen LogP contribution >= 0.6 is 23.4 Å². The van der Waals surface area contributed by atoms with E-state index in [1.807, 2.05) is 27.7 Å². The Labute approximate surface area is 221 Å². The molecule has 0 saturated heterocycles. The SMILES string of the molecule is C=C(Nc1ccc(C(C)=O)cc1)S/C(C(=O)C/C=C\C=C/CCl)=C(\C)N.CC.CCC(C)(C)CO. The molecule has 196 valence electrons. The molecule has 0 atom stereocenters. The van der Waals surface area contributed by atoms with Crippen molar-refractivity contribution in [2.75, 3.05) is 17.8 Å². The van der Waals surface area contributed by atoms with Crippen LogP contribution in [0.4, 0.5) is 5.69 Å². The predicted molar refractivity (Wildman–Crippen MR) is 155 cm³/mol. The minimum Gasteiger partial charge on any atom is -0.401 e. The fourth-order valence-electron chi connectivity index (χ4n) is 2.04. The van der Waals surface area contributed by atoms with E-state index in [2.05, 4.69) is 18.8 Å². The molecule has 4 N–H and O–H groups in total. The second kappa shape index (κ2) is 20.0. The number of benzene rings is 1. The van der Waals surface area contributed by atoms with Crippen LogP contribution in [-0.4, -0.2) is 29.2 Å². The number of hydrogen-bond acceptors (Lipinski definition) is 6. The van der Waals surface area contributed by atoms with Gasteiger partial charge in [0.05, 0.1) is 9.93 Å². The number of nitrogens with two attached hydrogens (primary N) is 1. The van der Waals surface area contributed by atoms with Gasteiger partial charge in [0.2, 0.25) is 0 Å². The number of alkyl halides is 1. The van der Waals surface area contributed by atoms with Gasteiger partial charge in [0.15, 0.2) is 11.6 Å². The molecule has 0 spiro atoms. The smallest absolute Gasteiger partial charge is 0.175 e. The summed E-state index contributed by atoms with van der Waals surface area (Å²) in [6.07, 6.45) is 8.39. The summed E-state index contributed by atoms with van der Waals surface area (Å²) >= 11 is 6.73. The number of thioether (sulfide) groups is 1. The predicted octanol–water partition coefficient (Wildman–Crippen LogP) is 7.45. The highest BCUT2D eigenvalue weighted by molar-refractivity contribution is 8.07. The summed E-state index contributed by atoms with van der Waals surface area (Å²) in [5.41, 5.74) is 7.86. The van der Waals surface area contributed by atoms with Crippen LogP contribution in [0.25, 0.3) is 0 Å². The van der Waals surface area contributed by atoms with Crippen LogP contribution in [0.5, 0.6) is 0 Å². The van der Waals surface area contributed by atoms with Gasteiger partial charge < -0.3 is 16.2 Å². The molecule has 0 aliphatic heterocycles. The van der Waals surface area contributed by atoms with Crippen molar-refractivity contribution in [3.63, 3.8) is 0 Å². The summed E-state index contributed by atoms with van der Waals surface area (Å²) in [6, 6.07) is 7.04. The molecule has 0 amide bonds. The number of Topliss-reactive ketones (excluding diaryl/α,β-unsaturated/α-hetero) is 2. The first-order valence-corrected chi connectivity index (χ1v) is 13.0. The maximum atomic E-state index is 12.4. The van der Waals surface area contributed by atoms with Crippen LogP contribution in [0.15, 0.2) is 70.8 Å². The Morgan fingerprint density at radius 2 is 1.69 bits per heavy atom. The summed E-state index contributed by atoms with van der Waals surface area (Å²) in [6.45, 7) is 17.6. The van der Waals surface area contributed by atoms with Gasteiger partial charge in [-0.15, -0.1) is 11.6 Å². The molecule has 0 aliphatic rings. The van der Waals surface area contributed by atoms with Crippen molar-refractivity contribution < 1.29 is 14.7 Å². The third kappa shape index (κ3) is 16.9. The second-order valence-corrected chi connectivity index (χ2v) is 9.52. The first kappa shape index (κ1) is 34.9. The first-order valence-electron chi connectivity index (χ1n) is 11.7. The lowest BCUT2D eigenvalue weighted by Gasteiger charge is -2.17. The number of rotatable bonds is 12.